The van der Waals surface area contributed by atoms with Gasteiger partial charge in [-0.15, -0.1) is 0 Å². The fourth-order valence-electron chi connectivity index (χ4n) is 2.39. The van der Waals surface area contributed by atoms with E-state index in [0.717, 1.165) is 25.4 Å². The van der Waals surface area contributed by atoms with E-state index in [1.165, 1.54) is 0 Å². The summed E-state index contributed by atoms with van der Waals surface area (Å²) in [6.07, 6.45) is -0.0618. The van der Waals surface area contributed by atoms with Crippen molar-refractivity contribution in [2.75, 3.05) is 45.9 Å². The van der Waals surface area contributed by atoms with Gasteiger partial charge in [-0.2, -0.15) is 0 Å². The summed E-state index contributed by atoms with van der Waals surface area (Å²) >= 11 is 5.82. The van der Waals surface area contributed by atoms with Crippen molar-refractivity contribution in [3.63, 3.8) is 0 Å². The number of nitrogens with one attached hydrogen (secondary N) is 1. The zero-order valence-corrected chi connectivity index (χ0v) is 14.2. The number of carboxylic acid groups (broad SMARTS) is 1. The van der Waals surface area contributed by atoms with Crippen molar-refractivity contribution in [3.8, 4) is 5.75 Å². The van der Waals surface area contributed by atoms with E-state index in [9.17, 15) is 9.59 Å². The summed E-state index contributed by atoms with van der Waals surface area (Å²) < 4.78 is 5.66. The number of benzene rings is 1. The average Bonchev–Trinajstić information content (AvgIpc) is 2.57. The summed E-state index contributed by atoms with van der Waals surface area (Å²) in [4.78, 5) is 26.3. The zero-order valence-electron chi connectivity index (χ0n) is 13.4. The minimum atomic E-state index is -0.916. The third-order valence-electron chi connectivity index (χ3n) is 3.76. The summed E-state index contributed by atoms with van der Waals surface area (Å²) in [6.45, 7) is 4.32. The molecule has 0 saturated carbocycles. The number of hydrogen-bond acceptors (Lipinski definition) is 4. The fourth-order valence-corrected chi connectivity index (χ4v) is 2.51. The van der Waals surface area contributed by atoms with E-state index in [1.54, 1.807) is 17.0 Å². The monoisotopic (exact) mass is 355 g/mol. The quantitative estimate of drug-likeness (QED) is 0.775. The Morgan fingerprint density at radius 2 is 1.83 bits per heavy atom. The Kier molecular flexibility index (Phi) is 7.14. The summed E-state index contributed by atoms with van der Waals surface area (Å²) in [5.74, 6) is -0.128. The van der Waals surface area contributed by atoms with E-state index >= 15 is 0 Å². The van der Waals surface area contributed by atoms with Gasteiger partial charge in [0.25, 0.3) is 0 Å². The van der Waals surface area contributed by atoms with Crippen LogP contribution in [0.25, 0.3) is 0 Å². The fraction of sp³-hybridized carbons (Fsp3) is 0.500. The maximum atomic E-state index is 11.9. The molecule has 0 bridgehead atoms. The van der Waals surface area contributed by atoms with Crippen LogP contribution >= 0.6 is 11.6 Å². The maximum Gasteiger partial charge on any atom is 0.317 e. The molecule has 2 amide bonds. The number of aliphatic carboxylic acids is 1. The average molecular weight is 356 g/mol. The predicted octanol–water partition coefficient (Wildman–Crippen LogP) is 1.52. The molecular weight excluding hydrogens is 334 g/mol. The maximum absolute atomic E-state index is 11.9. The number of nitrogens with zero attached hydrogens (tertiary/aromatic N) is 2. The molecule has 1 aromatic rings. The number of carbonyl (C=O) groups excluding carboxylic acids is 1. The smallest absolute Gasteiger partial charge is 0.317 e. The van der Waals surface area contributed by atoms with Gasteiger partial charge in [-0.05, 0) is 24.3 Å². The van der Waals surface area contributed by atoms with Crippen LogP contribution in [0.5, 0.6) is 5.75 Å². The molecule has 1 aromatic carbocycles. The number of carbonyl (C=O) groups is 2. The van der Waals surface area contributed by atoms with Crippen molar-refractivity contribution < 1.29 is 19.4 Å². The minimum Gasteiger partial charge on any atom is -0.492 e. The van der Waals surface area contributed by atoms with Gasteiger partial charge < -0.3 is 20.1 Å². The summed E-state index contributed by atoms with van der Waals surface area (Å²) in [5.41, 5.74) is 0. The summed E-state index contributed by atoms with van der Waals surface area (Å²) in [5, 5.41) is 11.9. The van der Waals surface area contributed by atoms with Crippen LogP contribution in [0.2, 0.25) is 5.02 Å². The largest absolute Gasteiger partial charge is 0.492 e. The molecule has 0 aliphatic carbocycles. The molecule has 24 heavy (non-hydrogen) atoms. The predicted molar refractivity (Wildman–Crippen MR) is 90.6 cm³/mol. The summed E-state index contributed by atoms with van der Waals surface area (Å²) in [7, 11) is 0. The van der Waals surface area contributed by atoms with E-state index in [2.05, 4.69) is 10.2 Å². The molecule has 1 heterocycles. The molecule has 0 radical (unpaired) electrons. The first-order valence-electron chi connectivity index (χ1n) is 7.90. The van der Waals surface area contributed by atoms with Crippen LogP contribution in [0.4, 0.5) is 4.79 Å². The molecule has 1 aliphatic rings. The lowest BCUT2D eigenvalue weighted by Gasteiger charge is -2.34. The van der Waals surface area contributed by atoms with E-state index in [-0.39, 0.29) is 19.0 Å². The minimum absolute atomic E-state index is 0.0618. The molecule has 132 valence electrons. The molecule has 7 nitrogen and oxygen atoms in total. The molecule has 1 saturated heterocycles. The number of rotatable bonds is 7. The molecule has 8 heteroatoms. The van der Waals surface area contributed by atoms with Crippen molar-refractivity contribution in [1.82, 2.24) is 15.1 Å². The molecule has 1 fully saturated rings. The molecule has 1 aliphatic heterocycles. The Labute approximate surface area is 146 Å². The van der Waals surface area contributed by atoms with Gasteiger partial charge in [0.15, 0.2) is 0 Å². The van der Waals surface area contributed by atoms with Crippen molar-refractivity contribution >= 4 is 23.6 Å². The Morgan fingerprint density at radius 3 is 2.46 bits per heavy atom. The Hall–Kier alpha value is -1.99. The Morgan fingerprint density at radius 1 is 1.17 bits per heavy atom. The van der Waals surface area contributed by atoms with Crippen LogP contribution in [0.1, 0.15) is 6.42 Å². The van der Waals surface area contributed by atoms with Gasteiger partial charge >= 0.3 is 12.0 Å². The van der Waals surface area contributed by atoms with E-state index in [1.807, 2.05) is 12.1 Å². The molecule has 0 unspecified atom stereocenters. The van der Waals surface area contributed by atoms with Crippen LogP contribution in [0, 0.1) is 0 Å². The molecule has 2 rings (SSSR count). The molecule has 0 spiro atoms. The van der Waals surface area contributed by atoms with Gasteiger partial charge in [-0.25, -0.2) is 4.79 Å². The lowest BCUT2D eigenvalue weighted by molar-refractivity contribution is -0.136. The molecule has 0 atom stereocenters. The molecular formula is C16H22ClN3O4. The third kappa shape index (κ3) is 6.25. The highest BCUT2D eigenvalue weighted by Crippen LogP contribution is 2.15. The third-order valence-corrected chi connectivity index (χ3v) is 4.02. The van der Waals surface area contributed by atoms with Crippen molar-refractivity contribution in [1.29, 1.82) is 0 Å². The number of halogens is 1. The van der Waals surface area contributed by atoms with E-state index in [4.69, 9.17) is 21.4 Å². The summed E-state index contributed by atoms with van der Waals surface area (Å²) in [6, 6.07) is 7.05. The van der Waals surface area contributed by atoms with Crippen LogP contribution in [0.3, 0.4) is 0 Å². The number of piperazine rings is 1. The van der Waals surface area contributed by atoms with Crippen molar-refractivity contribution in [2.45, 2.75) is 6.42 Å². The first-order chi connectivity index (χ1) is 11.5. The Bertz CT molecular complexity index is 545. The van der Waals surface area contributed by atoms with Crippen molar-refractivity contribution in [2.24, 2.45) is 0 Å². The Balaban J connectivity index is 1.61. The number of carboxylic acids is 1. The number of amides is 2. The first kappa shape index (κ1) is 18.4. The van der Waals surface area contributed by atoms with Crippen LogP contribution in [-0.2, 0) is 4.79 Å². The van der Waals surface area contributed by atoms with Gasteiger partial charge in [0.2, 0.25) is 0 Å². The van der Waals surface area contributed by atoms with Gasteiger partial charge in [0.05, 0.1) is 6.42 Å². The molecule has 0 aromatic heterocycles. The highest BCUT2D eigenvalue weighted by atomic mass is 35.5. The van der Waals surface area contributed by atoms with Gasteiger partial charge in [-0.1, -0.05) is 11.6 Å². The van der Waals surface area contributed by atoms with Gasteiger partial charge in [0, 0.05) is 44.3 Å². The van der Waals surface area contributed by atoms with Crippen LogP contribution in [0.15, 0.2) is 24.3 Å². The number of hydrogen-bond donors (Lipinski definition) is 2. The standard InChI is InChI=1S/C16H22ClN3O4/c17-13-1-3-14(4-2-13)24-12-11-19-7-9-20(10-8-19)16(23)18-6-5-15(21)22/h1-4H,5-12H2,(H,18,23)(H,21,22). The second kappa shape index (κ2) is 9.34. The zero-order chi connectivity index (χ0) is 17.4. The molecule has 2 N–H and O–H groups in total. The normalized spacial score (nSPS) is 15.1. The second-order valence-corrected chi connectivity index (χ2v) is 5.94. The van der Waals surface area contributed by atoms with Gasteiger partial charge in [-0.3, -0.25) is 9.69 Å². The highest BCUT2D eigenvalue weighted by Gasteiger charge is 2.20. The SMILES string of the molecule is O=C(O)CCNC(=O)N1CCN(CCOc2ccc(Cl)cc2)CC1. The topological polar surface area (TPSA) is 82.1 Å². The van der Waals surface area contributed by atoms with E-state index in [0.29, 0.717) is 24.7 Å². The number of ether oxygens (including phenoxy) is 1. The van der Waals surface area contributed by atoms with E-state index < -0.39 is 5.97 Å². The van der Waals surface area contributed by atoms with Crippen LogP contribution in [-0.4, -0.2) is 72.8 Å². The van der Waals surface area contributed by atoms with Crippen molar-refractivity contribution in [3.05, 3.63) is 29.3 Å². The van der Waals surface area contributed by atoms with Crippen LogP contribution < -0.4 is 10.1 Å². The number of urea groups is 1. The lowest BCUT2D eigenvalue weighted by Crippen LogP contribution is -2.52. The second-order valence-electron chi connectivity index (χ2n) is 5.51. The lowest BCUT2D eigenvalue weighted by atomic mass is 10.3. The highest BCUT2D eigenvalue weighted by molar-refractivity contribution is 6.30. The first-order valence-corrected chi connectivity index (χ1v) is 8.27. The van der Waals surface area contributed by atoms with Gasteiger partial charge in [0.1, 0.15) is 12.4 Å².